The normalized spacial score (nSPS) is 10.5. The molecular weight excluding hydrogens is 284 g/mol. The van der Waals surface area contributed by atoms with Gasteiger partial charge in [-0.2, -0.15) is 4.37 Å². The second kappa shape index (κ2) is 3.96. The summed E-state index contributed by atoms with van der Waals surface area (Å²) in [7, 11) is 0. The lowest BCUT2D eigenvalue weighted by atomic mass is 10.1. The predicted octanol–water partition coefficient (Wildman–Crippen LogP) is 3.93. The Balaban J connectivity index is 2.47. The van der Waals surface area contributed by atoms with Crippen LogP contribution in [0, 0.1) is 6.92 Å². The number of benzene rings is 1. The lowest BCUT2D eigenvalue weighted by Crippen LogP contribution is -1.79. The first-order chi connectivity index (χ1) is 6.66. The topological polar surface area (TPSA) is 25.8 Å². The molecule has 1 aromatic heterocycles. The smallest absolute Gasteiger partial charge is 0.209 e. The molecule has 0 aliphatic heterocycles. The SMILES string of the molecule is Cc1cc(-c2nc(Br)ns2)ccc1Cl. The number of halogens is 2. The summed E-state index contributed by atoms with van der Waals surface area (Å²) in [5, 5.41) is 1.67. The molecular formula is C9H6BrClN2S. The summed E-state index contributed by atoms with van der Waals surface area (Å²) in [6.45, 7) is 1.97. The maximum absolute atomic E-state index is 5.93. The largest absolute Gasteiger partial charge is 0.209 e. The molecule has 72 valence electrons. The van der Waals surface area contributed by atoms with Gasteiger partial charge in [-0.25, -0.2) is 4.98 Å². The highest BCUT2D eigenvalue weighted by molar-refractivity contribution is 9.10. The Morgan fingerprint density at radius 2 is 2.21 bits per heavy atom. The maximum Gasteiger partial charge on any atom is 0.209 e. The van der Waals surface area contributed by atoms with Crippen molar-refractivity contribution in [2.75, 3.05) is 0 Å². The van der Waals surface area contributed by atoms with Gasteiger partial charge in [0.1, 0.15) is 5.01 Å². The number of nitrogens with zero attached hydrogens (tertiary/aromatic N) is 2. The van der Waals surface area contributed by atoms with Gasteiger partial charge < -0.3 is 0 Å². The van der Waals surface area contributed by atoms with E-state index in [1.54, 1.807) is 0 Å². The molecule has 0 saturated carbocycles. The van der Waals surface area contributed by atoms with Crippen molar-refractivity contribution in [3.05, 3.63) is 33.5 Å². The molecule has 5 heteroatoms. The molecule has 0 aliphatic rings. The predicted molar refractivity (Wildman–Crippen MR) is 62.8 cm³/mol. The molecule has 0 aliphatic carbocycles. The standard InChI is InChI=1S/C9H6BrClN2S/c1-5-4-6(2-3-7(5)11)8-12-9(10)13-14-8/h2-4H,1H3. The van der Waals surface area contributed by atoms with Crippen molar-refractivity contribution in [3.63, 3.8) is 0 Å². The quantitative estimate of drug-likeness (QED) is 0.795. The molecule has 0 unspecified atom stereocenters. The molecule has 0 saturated heterocycles. The van der Waals surface area contributed by atoms with Gasteiger partial charge >= 0.3 is 0 Å². The molecule has 2 nitrogen and oxygen atoms in total. The van der Waals surface area contributed by atoms with Gasteiger partial charge in [0.05, 0.1) is 0 Å². The first-order valence-corrected chi connectivity index (χ1v) is 5.87. The van der Waals surface area contributed by atoms with Crippen molar-refractivity contribution in [2.24, 2.45) is 0 Å². The van der Waals surface area contributed by atoms with E-state index < -0.39 is 0 Å². The summed E-state index contributed by atoms with van der Waals surface area (Å²) < 4.78 is 4.69. The van der Waals surface area contributed by atoms with Crippen LogP contribution in [0.5, 0.6) is 0 Å². The molecule has 1 aromatic carbocycles. The van der Waals surface area contributed by atoms with Crippen LogP contribution in [0.2, 0.25) is 5.02 Å². The van der Waals surface area contributed by atoms with Gasteiger partial charge in [-0.05, 0) is 52.1 Å². The molecule has 0 radical (unpaired) electrons. The summed E-state index contributed by atoms with van der Waals surface area (Å²) >= 11 is 10.5. The van der Waals surface area contributed by atoms with E-state index in [0.29, 0.717) is 4.73 Å². The highest BCUT2D eigenvalue weighted by Crippen LogP contribution is 2.26. The Hall–Kier alpha value is -0.450. The average molecular weight is 290 g/mol. The van der Waals surface area contributed by atoms with Crippen molar-refractivity contribution in [2.45, 2.75) is 6.92 Å². The summed E-state index contributed by atoms with van der Waals surface area (Å²) in [5.41, 5.74) is 2.10. The minimum absolute atomic E-state index is 0.630. The zero-order valence-electron chi connectivity index (χ0n) is 7.29. The molecule has 2 aromatic rings. The van der Waals surface area contributed by atoms with Crippen LogP contribution >= 0.6 is 39.1 Å². The molecule has 0 atom stereocenters. The van der Waals surface area contributed by atoms with E-state index in [1.807, 2.05) is 25.1 Å². The van der Waals surface area contributed by atoms with Crippen LogP contribution in [-0.4, -0.2) is 9.36 Å². The van der Waals surface area contributed by atoms with Crippen molar-refractivity contribution in [3.8, 4) is 10.6 Å². The third kappa shape index (κ3) is 1.97. The zero-order valence-corrected chi connectivity index (χ0v) is 10.4. The van der Waals surface area contributed by atoms with Crippen LogP contribution in [0.25, 0.3) is 10.6 Å². The molecule has 0 amide bonds. The Bertz CT molecular complexity index is 470. The van der Waals surface area contributed by atoms with Gasteiger partial charge in [0, 0.05) is 10.6 Å². The first-order valence-electron chi connectivity index (χ1n) is 3.92. The molecule has 1 heterocycles. The lowest BCUT2D eigenvalue weighted by molar-refractivity contribution is 1.26. The van der Waals surface area contributed by atoms with E-state index in [2.05, 4.69) is 25.3 Å². The zero-order chi connectivity index (χ0) is 10.1. The summed E-state index contributed by atoms with van der Waals surface area (Å²) in [5.74, 6) is 0. The summed E-state index contributed by atoms with van der Waals surface area (Å²) in [6.07, 6.45) is 0. The molecule has 2 rings (SSSR count). The number of hydrogen-bond donors (Lipinski definition) is 0. The second-order valence-electron chi connectivity index (χ2n) is 2.83. The highest BCUT2D eigenvalue weighted by Gasteiger charge is 2.05. The van der Waals surface area contributed by atoms with E-state index >= 15 is 0 Å². The minimum atomic E-state index is 0.630. The van der Waals surface area contributed by atoms with Crippen molar-refractivity contribution in [1.82, 2.24) is 9.36 Å². The monoisotopic (exact) mass is 288 g/mol. The van der Waals surface area contributed by atoms with Crippen LogP contribution in [0.4, 0.5) is 0 Å². The van der Waals surface area contributed by atoms with Gasteiger partial charge in [0.2, 0.25) is 4.73 Å². The summed E-state index contributed by atoms with van der Waals surface area (Å²) in [6, 6.07) is 5.83. The van der Waals surface area contributed by atoms with Crippen molar-refractivity contribution in [1.29, 1.82) is 0 Å². The van der Waals surface area contributed by atoms with Gasteiger partial charge in [-0.1, -0.05) is 17.7 Å². The third-order valence-electron chi connectivity index (χ3n) is 1.81. The Labute approximate surface area is 99.2 Å². The molecule has 0 spiro atoms. The molecule has 0 N–H and O–H groups in total. The summed E-state index contributed by atoms with van der Waals surface area (Å²) in [4.78, 5) is 4.23. The lowest BCUT2D eigenvalue weighted by Gasteiger charge is -1.99. The van der Waals surface area contributed by atoms with Crippen LogP contribution in [0.3, 0.4) is 0 Å². The molecule has 0 bridgehead atoms. The minimum Gasteiger partial charge on any atom is -0.209 e. The number of aryl methyl sites for hydroxylation is 1. The van der Waals surface area contributed by atoms with Gasteiger partial charge in [0.25, 0.3) is 0 Å². The van der Waals surface area contributed by atoms with Crippen molar-refractivity contribution < 1.29 is 0 Å². The van der Waals surface area contributed by atoms with Crippen LogP contribution < -0.4 is 0 Å². The second-order valence-corrected chi connectivity index (χ2v) is 4.70. The fourth-order valence-electron chi connectivity index (χ4n) is 1.10. The van der Waals surface area contributed by atoms with Gasteiger partial charge in [-0.3, -0.25) is 0 Å². The van der Waals surface area contributed by atoms with Crippen LogP contribution in [-0.2, 0) is 0 Å². The maximum atomic E-state index is 5.93. The van der Waals surface area contributed by atoms with Gasteiger partial charge in [-0.15, -0.1) is 0 Å². The van der Waals surface area contributed by atoms with E-state index in [0.717, 1.165) is 21.2 Å². The molecule has 0 fully saturated rings. The Morgan fingerprint density at radius 3 is 2.79 bits per heavy atom. The highest BCUT2D eigenvalue weighted by atomic mass is 79.9. The van der Waals surface area contributed by atoms with Crippen LogP contribution in [0.1, 0.15) is 5.56 Å². The fourth-order valence-corrected chi connectivity index (χ4v) is 2.29. The fraction of sp³-hybridized carbons (Fsp3) is 0.111. The third-order valence-corrected chi connectivity index (χ3v) is 3.58. The van der Waals surface area contributed by atoms with E-state index in [1.165, 1.54) is 11.5 Å². The number of rotatable bonds is 1. The van der Waals surface area contributed by atoms with E-state index in [-0.39, 0.29) is 0 Å². The number of aromatic nitrogens is 2. The Kier molecular flexibility index (Phi) is 2.85. The average Bonchev–Trinajstić information content (AvgIpc) is 2.57. The van der Waals surface area contributed by atoms with E-state index in [9.17, 15) is 0 Å². The van der Waals surface area contributed by atoms with Crippen LogP contribution in [0.15, 0.2) is 22.9 Å². The van der Waals surface area contributed by atoms with E-state index in [4.69, 9.17) is 11.6 Å². The first kappa shape index (κ1) is 10.1. The van der Waals surface area contributed by atoms with Gasteiger partial charge in [0.15, 0.2) is 0 Å². The number of hydrogen-bond acceptors (Lipinski definition) is 3. The van der Waals surface area contributed by atoms with Crippen molar-refractivity contribution >= 4 is 39.1 Å². The Morgan fingerprint density at radius 1 is 1.43 bits per heavy atom. The molecule has 14 heavy (non-hydrogen) atoms.